The highest BCUT2D eigenvalue weighted by atomic mass is 19.1. The van der Waals surface area contributed by atoms with Crippen LogP contribution in [0.25, 0.3) is 0 Å². The third-order valence-corrected chi connectivity index (χ3v) is 2.74. The van der Waals surface area contributed by atoms with E-state index in [-0.39, 0.29) is 12.4 Å². The van der Waals surface area contributed by atoms with E-state index >= 15 is 0 Å². The highest BCUT2D eigenvalue weighted by Crippen LogP contribution is 2.11. The van der Waals surface area contributed by atoms with Gasteiger partial charge in [-0.15, -0.1) is 0 Å². The first-order valence-corrected chi connectivity index (χ1v) is 6.37. The summed E-state index contributed by atoms with van der Waals surface area (Å²) in [5, 5.41) is 0. The number of nitrogens with two attached hydrogens (primary N) is 1. The van der Waals surface area contributed by atoms with Crippen LogP contribution < -0.4 is 5.64 Å². The van der Waals surface area contributed by atoms with Gasteiger partial charge < -0.3 is 15.0 Å². The first-order chi connectivity index (χ1) is 8.63. The molecular formula is C13H21BFNO2. The molecule has 0 saturated heterocycles. The summed E-state index contributed by atoms with van der Waals surface area (Å²) in [6.07, 6.45) is 3.24. The Balaban J connectivity index is 2.29. The number of rotatable bonds is 8. The maximum absolute atomic E-state index is 13.0. The zero-order chi connectivity index (χ0) is 13.4. The van der Waals surface area contributed by atoms with Crippen molar-refractivity contribution in [3.8, 4) is 0 Å². The first-order valence-electron chi connectivity index (χ1n) is 6.37. The summed E-state index contributed by atoms with van der Waals surface area (Å²) in [5.74, 6) is -0.267. The lowest BCUT2D eigenvalue weighted by Crippen LogP contribution is -2.34. The molecule has 18 heavy (non-hydrogen) atoms. The minimum atomic E-state index is -0.746. The predicted molar refractivity (Wildman–Crippen MR) is 71.3 cm³/mol. The van der Waals surface area contributed by atoms with Crippen LogP contribution in [0, 0.1) is 12.7 Å². The Hall–Kier alpha value is -0.905. The number of hydrogen-bond donors (Lipinski definition) is 1. The van der Waals surface area contributed by atoms with Gasteiger partial charge in [-0.3, -0.25) is 0 Å². The van der Waals surface area contributed by atoms with Crippen LogP contribution in [0.5, 0.6) is 0 Å². The van der Waals surface area contributed by atoms with Gasteiger partial charge in [0.25, 0.3) is 0 Å². The van der Waals surface area contributed by atoms with E-state index in [1.165, 1.54) is 12.1 Å². The summed E-state index contributed by atoms with van der Waals surface area (Å²) in [6, 6.07) is 4.61. The Morgan fingerprint density at radius 3 is 2.78 bits per heavy atom. The van der Waals surface area contributed by atoms with Crippen LogP contribution in [0.15, 0.2) is 18.2 Å². The predicted octanol–water partition coefficient (Wildman–Crippen LogP) is 2.80. The monoisotopic (exact) mass is 253 g/mol. The average Bonchev–Trinajstić information content (AvgIpc) is 2.36. The van der Waals surface area contributed by atoms with Crippen LogP contribution >= 0.6 is 0 Å². The number of halogens is 1. The molecule has 0 aliphatic rings. The smallest absolute Gasteiger partial charge is 0.397 e. The van der Waals surface area contributed by atoms with E-state index in [0.717, 1.165) is 30.4 Å². The van der Waals surface area contributed by atoms with Crippen LogP contribution in [-0.2, 0) is 15.9 Å². The van der Waals surface area contributed by atoms with Crippen molar-refractivity contribution in [1.29, 1.82) is 0 Å². The summed E-state index contributed by atoms with van der Waals surface area (Å²) in [7, 11) is -0.746. The van der Waals surface area contributed by atoms with Gasteiger partial charge in [0.1, 0.15) is 5.82 Å². The Kier molecular flexibility index (Phi) is 6.94. The summed E-state index contributed by atoms with van der Waals surface area (Å²) in [5.41, 5.74) is 7.43. The molecule has 5 heteroatoms. The third-order valence-electron chi connectivity index (χ3n) is 2.74. The summed E-state index contributed by atoms with van der Waals surface area (Å²) >= 11 is 0. The fourth-order valence-corrected chi connectivity index (χ4v) is 1.57. The molecule has 0 aliphatic heterocycles. The van der Waals surface area contributed by atoms with Crippen molar-refractivity contribution in [3.05, 3.63) is 35.1 Å². The molecule has 2 N–H and O–H groups in total. The van der Waals surface area contributed by atoms with E-state index in [1.807, 2.05) is 6.92 Å². The van der Waals surface area contributed by atoms with Gasteiger partial charge >= 0.3 is 7.25 Å². The van der Waals surface area contributed by atoms with Gasteiger partial charge in [0.05, 0.1) is 6.61 Å². The van der Waals surface area contributed by atoms with Gasteiger partial charge in [-0.2, -0.15) is 0 Å². The van der Waals surface area contributed by atoms with Crippen LogP contribution in [0.1, 0.15) is 37.3 Å². The van der Waals surface area contributed by atoms with Crippen LogP contribution in [0.2, 0.25) is 0 Å². The summed E-state index contributed by atoms with van der Waals surface area (Å²) < 4.78 is 23.7. The zero-order valence-electron chi connectivity index (χ0n) is 11.1. The molecule has 0 fully saturated rings. The molecule has 0 aliphatic carbocycles. The fraction of sp³-hybridized carbons (Fsp3) is 0.538. The maximum atomic E-state index is 13.0. The molecule has 0 amide bonds. The van der Waals surface area contributed by atoms with Crippen LogP contribution in [0.4, 0.5) is 4.39 Å². The van der Waals surface area contributed by atoms with Gasteiger partial charge in [-0.25, -0.2) is 4.39 Å². The lowest BCUT2D eigenvalue weighted by atomic mass is 10.1. The normalized spacial score (nSPS) is 10.7. The Bertz CT molecular complexity index is 363. The molecule has 0 unspecified atom stereocenters. The van der Waals surface area contributed by atoms with Gasteiger partial charge in [0.2, 0.25) is 0 Å². The van der Waals surface area contributed by atoms with Gasteiger partial charge in [0, 0.05) is 6.61 Å². The Morgan fingerprint density at radius 2 is 2.06 bits per heavy atom. The Labute approximate surface area is 109 Å². The number of hydrogen-bond acceptors (Lipinski definition) is 3. The zero-order valence-corrected chi connectivity index (χ0v) is 11.1. The average molecular weight is 253 g/mol. The van der Waals surface area contributed by atoms with Gasteiger partial charge in [-0.05, 0) is 36.6 Å². The van der Waals surface area contributed by atoms with Crippen molar-refractivity contribution < 1.29 is 13.7 Å². The number of unbranched alkanes of at least 4 members (excludes halogenated alkanes) is 2. The van der Waals surface area contributed by atoms with Gasteiger partial charge in [0.15, 0.2) is 0 Å². The standard InChI is InChI=1S/C13H21BFNO2/c1-3-4-5-8-17-14(16)18-10-12-9-13(15)7-6-11(12)2/h6-7,9H,3-5,8,10,16H2,1-2H3. The van der Waals surface area contributed by atoms with Crippen LogP contribution in [-0.4, -0.2) is 13.9 Å². The molecule has 0 saturated carbocycles. The second kappa shape index (κ2) is 8.24. The third kappa shape index (κ3) is 5.62. The molecule has 0 atom stereocenters. The van der Waals surface area contributed by atoms with E-state index in [4.69, 9.17) is 15.0 Å². The van der Waals surface area contributed by atoms with Gasteiger partial charge in [-0.1, -0.05) is 25.8 Å². The lowest BCUT2D eigenvalue weighted by molar-refractivity contribution is 0.186. The van der Waals surface area contributed by atoms with Crippen molar-refractivity contribution >= 4 is 7.25 Å². The van der Waals surface area contributed by atoms with Crippen molar-refractivity contribution in [2.45, 2.75) is 39.7 Å². The molecule has 0 heterocycles. The molecule has 1 rings (SSSR count). The van der Waals surface area contributed by atoms with E-state index in [1.54, 1.807) is 6.07 Å². The van der Waals surface area contributed by atoms with E-state index in [0.29, 0.717) is 6.61 Å². The highest BCUT2D eigenvalue weighted by Gasteiger charge is 2.12. The van der Waals surface area contributed by atoms with Crippen molar-refractivity contribution in [1.82, 2.24) is 0 Å². The quantitative estimate of drug-likeness (QED) is 0.572. The molecule has 100 valence electrons. The molecular weight excluding hydrogens is 232 g/mol. The second-order valence-corrected chi connectivity index (χ2v) is 4.33. The van der Waals surface area contributed by atoms with Crippen molar-refractivity contribution in [2.24, 2.45) is 5.64 Å². The fourth-order valence-electron chi connectivity index (χ4n) is 1.57. The molecule has 1 aromatic carbocycles. The maximum Gasteiger partial charge on any atom is 0.552 e. The molecule has 1 aromatic rings. The second-order valence-electron chi connectivity index (χ2n) is 4.33. The minimum absolute atomic E-state index is 0.262. The van der Waals surface area contributed by atoms with E-state index < -0.39 is 7.25 Å². The molecule has 3 nitrogen and oxygen atoms in total. The highest BCUT2D eigenvalue weighted by molar-refractivity contribution is 6.40. The van der Waals surface area contributed by atoms with E-state index in [2.05, 4.69) is 6.92 Å². The van der Waals surface area contributed by atoms with Crippen molar-refractivity contribution in [2.75, 3.05) is 6.61 Å². The topological polar surface area (TPSA) is 44.5 Å². The Morgan fingerprint density at radius 1 is 1.28 bits per heavy atom. The molecule has 0 aromatic heterocycles. The lowest BCUT2D eigenvalue weighted by Gasteiger charge is -2.11. The van der Waals surface area contributed by atoms with E-state index in [9.17, 15) is 4.39 Å². The molecule has 0 radical (unpaired) electrons. The SMILES string of the molecule is CCCCCOB(N)OCc1cc(F)ccc1C. The summed E-state index contributed by atoms with van der Waals surface area (Å²) in [4.78, 5) is 0. The van der Waals surface area contributed by atoms with Crippen LogP contribution in [0.3, 0.4) is 0 Å². The summed E-state index contributed by atoms with van der Waals surface area (Å²) in [6.45, 7) is 4.89. The number of benzene rings is 1. The van der Waals surface area contributed by atoms with Crippen molar-refractivity contribution in [3.63, 3.8) is 0 Å². The molecule has 0 bridgehead atoms. The number of aryl methyl sites for hydroxylation is 1. The largest absolute Gasteiger partial charge is 0.552 e. The minimum Gasteiger partial charge on any atom is -0.397 e. The molecule has 0 spiro atoms. The first kappa shape index (κ1) is 15.2.